The molecule has 0 bridgehead atoms. The van der Waals surface area contributed by atoms with Crippen LogP contribution in [0, 0.1) is 5.92 Å². The number of carbonyl (C=O) groups excluding carboxylic acids is 2. The van der Waals surface area contributed by atoms with Crippen molar-refractivity contribution in [3.8, 4) is 5.75 Å². The fraction of sp³-hybridized carbons (Fsp3) is 0.438. The summed E-state index contributed by atoms with van der Waals surface area (Å²) in [4.78, 5) is 36.6. The van der Waals surface area contributed by atoms with Crippen LogP contribution in [0.5, 0.6) is 5.75 Å². The summed E-state index contributed by atoms with van der Waals surface area (Å²) < 4.78 is 6.17. The molecule has 1 heterocycles. The summed E-state index contributed by atoms with van der Waals surface area (Å²) >= 11 is 3.33. The van der Waals surface area contributed by atoms with E-state index in [9.17, 15) is 14.4 Å². The summed E-state index contributed by atoms with van der Waals surface area (Å²) in [5.74, 6) is -1.76. The summed E-state index contributed by atoms with van der Waals surface area (Å²) in [6.45, 7) is 1.63. The lowest BCUT2D eigenvalue weighted by Gasteiger charge is -2.29. The van der Waals surface area contributed by atoms with E-state index in [1.807, 2.05) is 6.92 Å². The Bertz CT molecular complexity index is 649. The molecule has 8 heteroatoms. The third-order valence-corrected chi connectivity index (χ3v) is 4.19. The zero-order chi connectivity index (χ0) is 17.7. The molecule has 1 unspecified atom stereocenters. The van der Waals surface area contributed by atoms with Gasteiger partial charge in [0.15, 0.2) is 6.61 Å². The molecule has 0 spiro atoms. The summed E-state index contributed by atoms with van der Waals surface area (Å²) in [5.41, 5.74) is 0.521. The molecular weight excluding hydrogens is 380 g/mol. The Kier molecular flexibility index (Phi) is 6.19. The zero-order valence-corrected chi connectivity index (χ0v) is 14.8. The first kappa shape index (κ1) is 18.3. The number of hydrogen-bond acceptors (Lipinski definition) is 4. The van der Waals surface area contributed by atoms with Gasteiger partial charge in [0.2, 0.25) is 5.91 Å². The maximum absolute atomic E-state index is 12.1. The maximum atomic E-state index is 12.1. The van der Waals surface area contributed by atoms with Gasteiger partial charge in [-0.15, -0.1) is 0 Å². The number of ether oxygens (including phenoxy) is 1. The number of amides is 2. The third-order valence-electron chi connectivity index (χ3n) is 3.70. The molecule has 0 aliphatic carbocycles. The highest BCUT2D eigenvalue weighted by Crippen LogP contribution is 2.34. The standard InChI is InChI=1S/C16H19BrN2O5/c1-2-3-10(16(22)23)7-18-14(20)8-19-12-5-4-11(17)6-13(12)24-9-15(19)21/h4-6,10H,2-3,7-9H2,1H3,(H,18,20)(H,22,23). The lowest BCUT2D eigenvalue weighted by atomic mass is 10.0. The van der Waals surface area contributed by atoms with Gasteiger partial charge in [0, 0.05) is 11.0 Å². The molecule has 0 fully saturated rings. The molecule has 0 aromatic heterocycles. The minimum atomic E-state index is -0.935. The molecule has 0 saturated carbocycles. The van der Waals surface area contributed by atoms with Gasteiger partial charge in [-0.2, -0.15) is 0 Å². The number of anilines is 1. The van der Waals surface area contributed by atoms with E-state index >= 15 is 0 Å². The van der Waals surface area contributed by atoms with E-state index in [4.69, 9.17) is 9.84 Å². The third kappa shape index (κ3) is 4.47. The number of nitrogens with zero attached hydrogens (tertiary/aromatic N) is 1. The van der Waals surface area contributed by atoms with Gasteiger partial charge in [-0.3, -0.25) is 19.3 Å². The Morgan fingerprint density at radius 1 is 1.46 bits per heavy atom. The number of nitrogens with one attached hydrogen (secondary N) is 1. The van der Waals surface area contributed by atoms with Crippen LogP contribution in [0.2, 0.25) is 0 Å². The molecule has 0 saturated heterocycles. The van der Waals surface area contributed by atoms with Crippen LogP contribution in [0.1, 0.15) is 19.8 Å². The minimum absolute atomic E-state index is 0.0493. The molecule has 2 amide bonds. The molecule has 7 nitrogen and oxygen atoms in total. The second kappa shape index (κ2) is 8.14. The Balaban J connectivity index is 2.01. The van der Waals surface area contributed by atoms with Crippen molar-refractivity contribution in [3.63, 3.8) is 0 Å². The van der Waals surface area contributed by atoms with Gasteiger partial charge in [0.05, 0.1) is 11.6 Å². The fourth-order valence-electron chi connectivity index (χ4n) is 2.45. The lowest BCUT2D eigenvalue weighted by Crippen LogP contribution is -2.46. The summed E-state index contributed by atoms with van der Waals surface area (Å²) in [7, 11) is 0. The monoisotopic (exact) mass is 398 g/mol. The van der Waals surface area contributed by atoms with Crippen LogP contribution in [0.15, 0.2) is 22.7 Å². The molecule has 1 aromatic rings. The van der Waals surface area contributed by atoms with Crippen molar-refractivity contribution in [2.75, 3.05) is 24.6 Å². The highest BCUT2D eigenvalue weighted by Gasteiger charge is 2.28. The smallest absolute Gasteiger partial charge is 0.308 e. The number of hydrogen-bond donors (Lipinski definition) is 2. The molecule has 1 atom stereocenters. The second-order valence-electron chi connectivity index (χ2n) is 5.51. The Hall–Kier alpha value is -2.09. The number of halogens is 1. The topological polar surface area (TPSA) is 95.9 Å². The first-order valence-corrected chi connectivity index (χ1v) is 8.44. The SMILES string of the molecule is CCCC(CNC(=O)CN1C(=O)COc2cc(Br)ccc21)C(=O)O. The van der Waals surface area contributed by atoms with E-state index in [-0.39, 0.29) is 25.6 Å². The van der Waals surface area contributed by atoms with Crippen LogP contribution in [0.3, 0.4) is 0 Å². The quantitative estimate of drug-likeness (QED) is 0.729. The van der Waals surface area contributed by atoms with Crippen molar-refractivity contribution in [2.45, 2.75) is 19.8 Å². The molecule has 1 aliphatic heterocycles. The van der Waals surface area contributed by atoms with Crippen LogP contribution in [-0.4, -0.2) is 42.6 Å². The molecule has 24 heavy (non-hydrogen) atoms. The van der Waals surface area contributed by atoms with E-state index in [1.165, 1.54) is 4.90 Å². The summed E-state index contributed by atoms with van der Waals surface area (Å²) in [6, 6.07) is 5.18. The van der Waals surface area contributed by atoms with Crippen molar-refractivity contribution in [1.29, 1.82) is 0 Å². The van der Waals surface area contributed by atoms with Crippen molar-refractivity contribution in [3.05, 3.63) is 22.7 Å². The average Bonchev–Trinajstić information content (AvgIpc) is 2.53. The van der Waals surface area contributed by atoms with Crippen molar-refractivity contribution < 1.29 is 24.2 Å². The summed E-state index contributed by atoms with van der Waals surface area (Å²) in [6.07, 6.45) is 1.21. The predicted molar refractivity (Wildman–Crippen MR) is 91.0 cm³/mol. The minimum Gasteiger partial charge on any atom is -0.482 e. The Morgan fingerprint density at radius 3 is 2.88 bits per heavy atom. The Morgan fingerprint density at radius 2 is 2.21 bits per heavy atom. The number of aliphatic carboxylic acids is 1. The normalized spacial score (nSPS) is 14.6. The van der Waals surface area contributed by atoms with Crippen molar-refractivity contribution >= 4 is 39.4 Å². The number of rotatable bonds is 7. The zero-order valence-electron chi connectivity index (χ0n) is 13.3. The van der Waals surface area contributed by atoms with Gasteiger partial charge in [-0.1, -0.05) is 29.3 Å². The molecule has 0 radical (unpaired) electrons. The van der Waals surface area contributed by atoms with Gasteiger partial charge < -0.3 is 15.2 Å². The lowest BCUT2D eigenvalue weighted by molar-refractivity contribution is -0.142. The largest absolute Gasteiger partial charge is 0.482 e. The fourth-order valence-corrected chi connectivity index (χ4v) is 2.79. The highest BCUT2D eigenvalue weighted by atomic mass is 79.9. The average molecular weight is 399 g/mol. The number of carboxylic acid groups (broad SMARTS) is 1. The predicted octanol–water partition coefficient (Wildman–Crippen LogP) is 1.79. The van der Waals surface area contributed by atoms with E-state index in [0.717, 1.165) is 10.9 Å². The van der Waals surface area contributed by atoms with Crippen molar-refractivity contribution in [1.82, 2.24) is 5.32 Å². The van der Waals surface area contributed by atoms with Crippen LogP contribution in [0.4, 0.5) is 5.69 Å². The molecule has 1 aliphatic rings. The van der Waals surface area contributed by atoms with Gasteiger partial charge in [-0.05, 0) is 24.6 Å². The van der Waals surface area contributed by atoms with Gasteiger partial charge in [0.25, 0.3) is 5.91 Å². The van der Waals surface area contributed by atoms with Crippen molar-refractivity contribution in [2.24, 2.45) is 5.92 Å². The number of benzene rings is 1. The first-order chi connectivity index (χ1) is 11.4. The van der Waals surface area contributed by atoms with E-state index in [1.54, 1.807) is 18.2 Å². The molecule has 130 valence electrons. The second-order valence-corrected chi connectivity index (χ2v) is 6.42. The maximum Gasteiger partial charge on any atom is 0.308 e. The number of carboxylic acids is 1. The van der Waals surface area contributed by atoms with Gasteiger partial charge >= 0.3 is 5.97 Å². The highest BCUT2D eigenvalue weighted by molar-refractivity contribution is 9.10. The molecule has 2 rings (SSSR count). The van der Waals surface area contributed by atoms with E-state index in [2.05, 4.69) is 21.2 Å². The van der Waals surface area contributed by atoms with Crippen LogP contribution in [0.25, 0.3) is 0 Å². The van der Waals surface area contributed by atoms with Crippen LogP contribution in [-0.2, 0) is 14.4 Å². The van der Waals surface area contributed by atoms with E-state index < -0.39 is 17.8 Å². The first-order valence-electron chi connectivity index (χ1n) is 7.64. The molecule has 2 N–H and O–H groups in total. The van der Waals surface area contributed by atoms with E-state index in [0.29, 0.717) is 17.9 Å². The van der Waals surface area contributed by atoms with Crippen LogP contribution < -0.4 is 15.0 Å². The molecular formula is C16H19BrN2O5. The number of carbonyl (C=O) groups is 3. The Labute approximate surface area is 148 Å². The summed E-state index contributed by atoms with van der Waals surface area (Å²) in [5, 5.41) is 11.7. The van der Waals surface area contributed by atoms with Gasteiger partial charge in [-0.25, -0.2) is 0 Å². The molecule has 1 aromatic carbocycles. The van der Waals surface area contributed by atoms with Gasteiger partial charge in [0.1, 0.15) is 12.3 Å². The van der Waals surface area contributed by atoms with Crippen LogP contribution >= 0.6 is 15.9 Å². The number of fused-ring (bicyclic) bond motifs is 1.